The van der Waals surface area contributed by atoms with Gasteiger partial charge in [-0.2, -0.15) is 0 Å². The number of hydrogen-bond donors (Lipinski definition) is 3. The summed E-state index contributed by atoms with van der Waals surface area (Å²) < 4.78 is 12.7. The summed E-state index contributed by atoms with van der Waals surface area (Å²) in [4.78, 5) is 12.0. The van der Waals surface area contributed by atoms with Crippen LogP contribution in [-0.2, 0) is 11.2 Å². The van der Waals surface area contributed by atoms with Crippen molar-refractivity contribution in [2.45, 2.75) is 20.3 Å². The fourth-order valence-electron chi connectivity index (χ4n) is 1.93. The number of nitrogens with two attached hydrogens (primary N) is 1. The maximum absolute atomic E-state index is 12.7. The average Bonchev–Trinajstić information content (AvgIpc) is 2.40. The molecule has 0 bridgehead atoms. The fraction of sp³-hybridized carbons (Fsp3) is 0.429. The highest BCUT2D eigenvalue weighted by atomic mass is 19.1. The summed E-state index contributed by atoms with van der Waals surface area (Å²) in [6, 6.07) is 6.10. The van der Waals surface area contributed by atoms with E-state index in [4.69, 9.17) is 10.9 Å². The Morgan fingerprint density at radius 2 is 2.00 bits per heavy atom. The fourth-order valence-corrected chi connectivity index (χ4v) is 1.93. The average molecular weight is 281 g/mol. The highest BCUT2D eigenvalue weighted by molar-refractivity contribution is 6.02. The first-order valence-electron chi connectivity index (χ1n) is 6.45. The molecule has 0 aromatic heterocycles. The third kappa shape index (κ3) is 4.53. The van der Waals surface area contributed by atoms with Crippen LogP contribution in [0.5, 0.6) is 0 Å². The predicted molar refractivity (Wildman–Crippen MR) is 74.9 cm³/mol. The molecule has 1 unspecified atom stereocenters. The Kier molecular flexibility index (Phi) is 5.96. The molecule has 20 heavy (non-hydrogen) atoms. The summed E-state index contributed by atoms with van der Waals surface area (Å²) in [5.41, 5.74) is 6.44. The number of halogens is 1. The van der Waals surface area contributed by atoms with Gasteiger partial charge < -0.3 is 16.3 Å². The molecule has 0 heterocycles. The molecule has 0 radical (unpaired) electrons. The van der Waals surface area contributed by atoms with E-state index in [-0.39, 0.29) is 23.5 Å². The molecule has 0 aliphatic rings. The van der Waals surface area contributed by atoms with E-state index in [1.165, 1.54) is 12.1 Å². The smallest absolute Gasteiger partial charge is 0.231 e. The topological polar surface area (TPSA) is 87.7 Å². The van der Waals surface area contributed by atoms with E-state index in [2.05, 4.69) is 10.5 Å². The number of nitrogens with zero attached hydrogens (tertiary/aromatic N) is 1. The Bertz CT molecular complexity index is 472. The molecule has 1 aromatic rings. The van der Waals surface area contributed by atoms with Crippen molar-refractivity contribution in [2.24, 2.45) is 22.7 Å². The van der Waals surface area contributed by atoms with Crippen LogP contribution in [0.1, 0.15) is 19.4 Å². The van der Waals surface area contributed by atoms with Gasteiger partial charge in [-0.05, 0) is 30.0 Å². The Balaban J connectivity index is 2.51. The molecule has 0 aliphatic carbocycles. The van der Waals surface area contributed by atoms with Crippen LogP contribution in [0.4, 0.5) is 4.39 Å². The van der Waals surface area contributed by atoms with E-state index >= 15 is 0 Å². The van der Waals surface area contributed by atoms with Crippen molar-refractivity contribution < 1.29 is 14.4 Å². The van der Waals surface area contributed by atoms with Gasteiger partial charge in [0.15, 0.2) is 5.84 Å². The Hall–Kier alpha value is -2.11. The number of carbonyl (C=O) groups is 1. The number of benzene rings is 1. The van der Waals surface area contributed by atoms with Gasteiger partial charge in [-0.1, -0.05) is 31.1 Å². The number of amidine groups is 1. The van der Waals surface area contributed by atoms with Gasteiger partial charge in [-0.3, -0.25) is 4.79 Å². The quantitative estimate of drug-likeness (QED) is 0.319. The molecule has 0 saturated carbocycles. The second-order valence-electron chi connectivity index (χ2n) is 4.91. The molecule has 0 aliphatic heterocycles. The number of nitrogens with one attached hydrogen (secondary N) is 1. The second-order valence-corrected chi connectivity index (χ2v) is 4.91. The summed E-state index contributed by atoms with van der Waals surface area (Å²) >= 11 is 0. The van der Waals surface area contributed by atoms with Crippen molar-refractivity contribution in [3.8, 4) is 0 Å². The van der Waals surface area contributed by atoms with Gasteiger partial charge >= 0.3 is 0 Å². The zero-order valence-electron chi connectivity index (χ0n) is 11.6. The number of amides is 1. The van der Waals surface area contributed by atoms with E-state index < -0.39 is 5.92 Å². The summed E-state index contributed by atoms with van der Waals surface area (Å²) in [5.74, 6) is -1.40. The Labute approximate surface area is 117 Å². The first-order valence-corrected chi connectivity index (χ1v) is 6.45. The molecule has 1 atom stereocenters. The van der Waals surface area contributed by atoms with E-state index in [1.54, 1.807) is 12.1 Å². The van der Waals surface area contributed by atoms with Gasteiger partial charge in [-0.25, -0.2) is 4.39 Å². The summed E-state index contributed by atoms with van der Waals surface area (Å²) in [6.45, 7) is 4.05. The third-order valence-corrected chi connectivity index (χ3v) is 3.01. The van der Waals surface area contributed by atoms with Crippen LogP contribution < -0.4 is 11.1 Å². The first-order chi connectivity index (χ1) is 9.45. The molecule has 0 spiro atoms. The zero-order chi connectivity index (χ0) is 15.1. The SMILES string of the molecule is CC(C)C(C(=O)NCCc1ccc(F)cc1)C(N)=NO. The van der Waals surface area contributed by atoms with Crippen LogP contribution in [0.2, 0.25) is 0 Å². The van der Waals surface area contributed by atoms with Gasteiger partial charge in [0.05, 0.1) is 0 Å². The maximum atomic E-state index is 12.7. The summed E-state index contributed by atoms with van der Waals surface area (Å²) in [7, 11) is 0. The van der Waals surface area contributed by atoms with Crippen molar-refractivity contribution in [1.29, 1.82) is 0 Å². The minimum absolute atomic E-state index is 0.0725. The predicted octanol–water partition coefficient (Wildman–Crippen LogP) is 1.50. The lowest BCUT2D eigenvalue weighted by molar-refractivity contribution is -0.124. The monoisotopic (exact) mass is 281 g/mol. The van der Waals surface area contributed by atoms with Gasteiger partial charge in [0.25, 0.3) is 0 Å². The molecule has 0 fully saturated rings. The normalized spacial score (nSPS) is 13.3. The van der Waals surface area contributed by atoms with Crippen molar-refractivity contribution >= 4 is 11.7 Å². The van der Waals surface area contributed by atoms with Crippen LogP contribution >= 0.6 is 0 Å². The van der Waals surface area contributed by atoms with Crippen LogP contribution in [0.25, 0.3) is 0 Å². The second kappa shape index (κ2) is 7.47. The number of rotatable bonds is 6. The van der Waals surface area contributed by atoms with Crippen molar-refractivity contribution in [2.75, 3.05) is 6.54 Å². The number of hydrogen-bond acceptors (Lipinski definition) is 3. The van der Waals surface area contributed by atoms with E-state index in [0.717, 1.165) is 5.56 Å². The standard InChI is InChI=1S/C14H20FN3O2/c1-9(2)12(13(16)18-20)14(19)17-8-7-10-3-5-11(15)6-4-10/h3-6,9,12,20H,7-8H2,1-2H3,(H2,16,18)(H,17,19). The molecule has 1 amide bonds. The lowest BCUT2D eigenvalue weighted by Gasteiger charge is -2.18. The molecule has 5 nitrogen and oxygen atoms in total. The van der Waals surface area contributed by atoms with Gasteiger partial charge in [0, 0.05) is 6.54 Å². The first kappa shape index (κ1) is 15.9. The summed E-state index contributed by atoms with van der Waals surface area (Å²) in [5, 5.41) is 14.3. The van der Waals surface area contributed by atoms with Gasteiger partial charge in [0.1, 0.15) is 11.7 Å². The van der Waals surface area contributed by atoms with E-state index in [9.17, 15) is 9.18 Å². The zero-order valence-corrected chi connectivity index (χ0v) is 11.6. The maximum Gasteiger partial charge on any atom is 0.231 e. The highest BCUT2D eigenvalue weighted by Crippen LogP contribution is 2.11. The highest BCUT2D eigenvalue weighted by Gasteiger charge is 2.26. The molecule has 110 valence electrons. The van der Waals surface area contributed by atoms with Crippen LogP contribution in [0.3, 0.4) is 0 Å². The van der Waals surface area contributed by atoms with Crippen molar-refractivity contribution in [3.63, 3.8) is 0 Å². The molecule has 6 heteroatoms. The largest absolute Gasteiger partial charge is 0.409 e. The molecule has 4 N–H and O–H groups in total. The molecular formula is C14H20FN3O2. The summed E-state index contributed by atoms with van der Waals surface area (Å²) in [6.07, 6.45) is 0.590. The van der Waals surface area contributed by atoms with Crippen molar-refractivity contribution in [1.82, 2.24) is 5.32 Å². The number of carbonyl (C=O) groups excluding carboxylic acids is 1. The Morgan fingerprint density at radius 3 is 2.50 bits per heavy atom. The van der Waals surface area contributed by atoms with Crippen LogP contribution in [-0.4, -0.2) is 23.5 Å². The molecular weight excluding hydrogens is 261 g/mol. The van der Waals surface area contributed by atoms with E-state index in [0.29, 0.717) is 13.0 Å². The lowest BCUT2D eigenvalue weighted by atomic mass is 9.94. The minimum atomic E-state index is -0.659. The minimum Gasteiger partial charge on any atom is -0.409 e. The van der Waals surface area contributed by atoms with E-state index in [1.807, 2.05) is 13.8 Å². The molecule has 0 saturated heterocycles. The third-order valence-electron chi connectivity index (χ3n) is 3.01. The Morgan fingerprint density at radius 1 is 1.40 bits per heavy atom. The molecule has 1 rings (SSSR count). The van der Waals surface area contributed by atoms with Crippen LogP contribution in [0.15, 0.2) is 29.4 Å². The molecule has 1 aromatic carbocycles. The van der Waals surface area contributed by atoms with Gasteiger partial charge in [-0.15, -0.1) is 0 Å². The lowest BCUT2D eigenvalue weighted by Crippen LogP contribution is -2.42. The van der Waals surface area contributed by atoms with Crippen molar-refractivity contribution in [3.05, 3.63) is 35.6 Å². The number of oxime groups is 1. The van der Waals surface area contributed by atoms with Gasteiger partial charge in [0.2, 0.25) is 5.91 Å². The van der Waals surface area contributed by atoms with Crippen LogP contribution in [0, 0.1) is 17.7 Å².